The number of unbranched alkanes of at least 4 members (excludes halogenated alkanes) is 2. The molecule has 2 rings (SSSR count). The molecule has 27 heavy (non-hydrogen) atoms. The van der Waals surface area contributed by atoms with E-state index < -0.39 is 0 Å². The number of amides is 1. The van der Waals surface area contributed by atoms with Crippen LogP contribution in [0, 0.1) is 0 Å². The highest BCUT2D eigenvalue weighted by Crippen LogP contribution is 2.12. The summed E-state index contributed by atoms with van der Waals surface area (Å²) in [6, 6.07) is 10.3. The number of aromatic nitrogens is 1. The van der Waals surface area contributed by atoms with Gasteiger partial charge in [0.05, 0.1) is 5.52 Å². The highest BCUT2D eigenvalue weighted by molar-refractivity contribution is 5.78. The number of hydrogen-bond donors (Lipinski definition) is 2. The number of hydrogen-bond acceptors (Lipinski definition) is 4. The van der Waals surface area contributed by atoms with Gasteiger partial charge in [0.1, 0.15) is 5.78 Å². The van der Waals surface area contributed by atoms with Gasteiger partial charge in [-0.1, -0.05) is 38.0 Å². The molecule has 0 aliphatic carbocycles. The lowest BCUT2D eigenvalue weighted by Gasteiger charge is -2.18. The van der Waals surface area contributed by atoms with Crippen LogP contribution in [0.25, 0.3) is 10.9 Å². The van der Waals surface area contributed by atoms with Gasteiger partial charge in [-0.05, 0) is 30.5 Å². The molecule has 5 heteroatoms. The fourth-order valence-corrected chi connectivity index (χ4v) is 3.18. The smallest absolute Gasteiger partial charge is 0.217 e. The fraction of sp³-hybridized carbons (Fsp3) is 0.500. The number of carbonyl (C=O) groups excluding carboxylic acids is 2. The average Bonchev–Trinajstić information content (AvgIpc) is 2.66. The van der Waals surface area contributed by atoms with E-state index in [1.165, 1.54) is 0 Å². The Morgan fingerprint density at radius 3 is 2.74 bits per heavy atom. The summed E-state index contributed by atoms with van der Waals surface area (Å²) in [6.45, 7) is 4.91. The zero-order valence-electron chi connectivity index (χ0n) is 16.5. The molecule has 1 atom stereocenters. The Morgan fingerprint density at radius 1 is 1.15 bits per heavy atom. The topological polar surface area (TPSA) is 71.1 Å². The molecule has 0 saturated carbocycles. The van der Waals surface area contributed by atoms with Crippen LogP contribution in [0.3, 0.4) is 0 Å². The molecule has 1 heterocycles. The van der Waals surface area contributed by atoms with Gasteiger partial charge < -0.3 is 10.6 Å². The Hall–Kier alpha value is -2.27. The van der Waals surface area contributed by atoms with Crippen LogP contribution in [0.2, 0.25) is 0 Å². The number of carbonyl (C=O) groups is 2. The normalized spacial score (nSPS) is 12.1. The van der Waals surface area contributed by atoms with Gasteiger partial charge in [-0.3, -0.25) is 14.6 Å². The molecule has 5 nitrogen and oxygen atoms in total. The summed E-state index contributed by atoms with van der Waals surface area (Å²) in [4.78, 5) is 27.3. The van der Waals surface area contributed by atoms with Gasteiger partial charge in [0.15, 0.2) is 0 Å². The SMILES string of the molecule is CCC(=O)CCCCC[C@@H](CNCc1cnc2ccccc2c1)NC(C)=O. The van der Waals surface area contributed by atoms with Crippen molar-refractivity contribution in [1.82, 2.24) is 15.6 Å². The van der Waals surface area contributed by atoms with Gasteiger partial charge in [-0.25, -0.2) is 0 Å². The Bertz CT molecular complexity index is 745. The van der Waals surface area contributed by atoms with E-state index in [-0.39, 0.29) is 11.9 Å². The predicted octanol–water partition coefficient (Wildman–Crippen LogP) is 3.76. The first-order chi connectivity index (χ1) is 13.1. The first-order valence-corrected chi connectivity index (χ1v) is 9.91. The Morgan fingerprint density at radius 2 is 1.96 bits per heavy atom. The van der Waals surface area contributed by atoms with Crippen LogP contribution in [0.15, 0.2) is 36.5 Å². The van der Waals surface area contributed by atoms with E-state index >= 15 is 0 Å². The summed E-state index contributed by atoms with van der Waals surface area (Å²) >= 11 is 0. The molecule has 2 N–H and O–H groups in total. The van der Waals surface area contributed by atoms with Crippen LogP contribution in [0.4, 0.5) is 0 Å². The summed E-state index contributed by atoms with van der Waals surface area (Å²) in [7, 11) is 0. The van der Waals surface area contributed by atoms with E-state index in [0.29, 0.717) is 18.6 Å². The number of nitrogens with one attached hydrogen (secondary N) is 2. The number of ketones is 1. The molecule has 0 saturated heterocycles. The Kier molecular flexibility index (Phi) is 8.92. The first-order valence-electron chi connectivity index (χ1n) is 9.91. The van der Waals surface area contributed by atoms with Crippen LogP contribution >= 0.6 is 0 Å². The van der Waals surface area contributed by atoms with Crippen LogP contribution in [0.1, 0.15) is 57.9 Å². The van der Waals surface area contributed by atoms with Crippen molar-refractivity contribution in [3.63, 3.8) is 0 Å². The van der Waals surface area contributed by atoms with Crippen molar-refractivity contribution in [1.29, 1.82) is 0 Å². The summed E-state index contributed by atoms with van der Waals surface area (Å²) in [5.74, 6) is 0.328. The minimum Gasteiger partial charge on any atom is -0.352 e. The van der Waals surface area contributed by atoms with Crippen LogP contribution in [-0.2, 0) is 16.1 Å². The maximum absolute atomic E-state index is 11.5. The van der Waals surface area contributed by atoms with Gasteiger partial charge in [-0.2, -0.15) is 0 Å². The summed E-state index contributed by atoms with van der Waals surface area (Å²) in [6.07, 6.45) is 7.10. The molecule has 2 aromatic rings. The molecule has 0 radical (unpaired) electrons. The van der Waals surface area contributed by atoms with Crippen molar-refractivity contribution in [2.75, 3.05) is 6.54 Å². The molecule has 0 aliphatic rings. The Balaban J connectivity index is 1.75. The molecule has 1 aromatic carbocycles. The van der Waals surface area contributed by atoms with Crippen LogP contribution in [-0.4, -0.2) is 29.3 Å². The zero-order chi connectivity index (χ0) is 19.5. The zero-order valence-corrected chi connectivity index (χ0v) is 16.5. The van der Waals surface area contributed by atoms with Gasteiger partial charge in [-0.15, -0.1) is 0 Å². The maximum Gasteiger partial charge on any atom is 0.217 e. The number of Topliss-reactive ketones (excluding diaryl/α,β-unsaturated/α-hetero) is 1. The molecule has 0 fully saturated rings. The summed E-state index contributed by atoms with van der Waals surface area (Å²) in [5.41, 5.74) is 2.13. The number of rotatable bonds is 12. The van der Waals surface area contributed by atoms with Gasteiger partial charge in [0.2, 0.25) is 5.91 Å². The lowest BCUT2D eigenvalue weighted by Crippen LogP contribution is -2.40. The highest BCUT2D eigenvalue weighted by Gasteiger charge is 2.10. The van der Waals surface area contributed by atoms with Crippen molar-refractivity contribution in [3.05, 3.63) is 42.1 Å². The lowest BCUT2D eigenvalue weighted by molar-refractivity contribution is -0.120. The predicted molar refractivity (Wildman–Crippen MR) is 109 cm³/mol. The highest BCUT2D eigenvalue weighted by atomic mass is 16.1. The maximum atomic E-state index is 11.5. The molecule has 0 spiro atoms. The third-order valence-electron chi connectivity index (χ3n) is 4.68. The van der Waals surface area contributed by atoms with Gasteiger partial charge in [0.25, 0.3) is 0 Å². The minimum absolute atomic E-state index is 0.00432. The molecule has 1 amide bonds. The van der Waals surface area contributed by atoms with E-state index in [4.69, 9.17) is 0 Å². The molecule has 0 aliphatic heterocycles. The lowest BCUT2D eigenvalue weighted by atomic mass is 10.0. The third kappa shape index (κ3) is 7.87. The van der Waals surface area contributed by atoms with Crippen molar-refractivity contribution >= 4 is 22.6 Å². The minimum atomic E-state index is -0.00432. The Labute approximate surface area is 161 Å². The third-order valence-corrected chi connectivity index (χ3v) is 4.68. The number of nitrogens with zero attached hydrogens (tertiary/aromatic N) is 1. The van der Waals surface area contributed by atoms with Crippen molar-refractivity contribution in [2.45, 2.75) is 65.0 Å². The second-order valence-electron chi connectivity index (χ2n) is 7.06. The fourth-order valence-electron chi connectivity index (χ4n) is 3.18. The molecular formula is C22H31N3O2. The number of para-hydroxylation sites is 1. The number of pyridine rings is 1. The van der Waals surface area contributed by atoms with Crippen molar-refractivity contribution in [3.8, 4) is 0 Å². The van der Waals surface area contributed by atoms with E-state index in [9.17, 15) is 9.59 Å². The van der Waals surface area contributed by atoms with Gasteiger partial charge >= 0.3 is 0 Å². The number of benzene rings is 1. The molecular weight excluding hydrogens is 338 g/mol. The van der Waals surface area contributed by atoms with E-state index in [1.807, 2.05) is 31.3 Å². The molecule has 0 unspecified atom stereocenters. The monoisotopic (exact) mass is 369 g/mol. The molecule has 0 bridgehead atoms. The second-order valence-corrected chi connectivity index (χ2v) is 7.06. The summed E-state index contributed by atoms with van der Waals surface area (Å²) in [5, 5.41) is 7.59. The van der Waals surface area contributed by atoms with E-state index in [1.54, 1.807) is 6.92 Å². The van der Waals surface area contributed by atoms with Gasteiger partial charge in [0, 0.05) is 50.5 Å². The first kappa shape index (κ1) is 21.0. The molecule has 146 valence electrons. The largest absolute Gasteiger partial charge is 0.352 e. The standard InChI is InChI=1S/C22H31N3O2/c1-3-21(27)11-6-4-5-10-20(25-17(2)26)16-23-14-18-13-19-9-7-8-12-22(19)24-15-18/h7-9,12-13,15,20,23H,3-6,10-11,14,16H2,1-2H3,(H,25,26)/t20-/m0/s1. The van der Waals surface area contributed by atoms with Crippen molar-refractivity contribution < 1.29 is 9.59 Å². The second kappa shape index (κ2) is 11.4. The van der Waals surface area contributed by atoms with Crippen LogP contribution < -0.4 is 10.6 Å². The average molecular weight is 370 g/mol. The van der Waals surface area contributed by atoms with E-state index in [0.717, 1.165) is 55.2 Å². The summed E-state index contributed by atoms with van der Waals surface area (Å²) < 4.78 is 0. The van der Waals surface area contributed by atoms with E-state index in [2.05, 4.69) is 27.8 Å². The van der Waals surface area contributed by atoms with Crippen LogP contribution in [0.5, 0.6) is 0 Å². The quantitative estimate of drug-likeness (QED) is 0.559. The number of fused-ring (bicyclic) bond motifs is 1. The molecule has 1 aromatic heterocycles. The van der Waals surface area contributed by atoms with Crippen molar-refractivity contribution in [2.24, 2.45) is 0 Å².